The predicted octanol–water partition coefficient (Wildman–Crippen LogP) is 1.04. The van der Waals surface area contributed by atoms with E-state index in [1.54, 1.807) is 0 Å². The van der Waals surface area contributed by atoms with E-state index in [-0.39, 0.29) is 24.1 Å². The normalized spacial score (nSPS) is 20.7. The highest BCUT2D eigenvalue weighted by atomic mass is 16.3. The maximum absolute atomic E-state index is 11.8. The van der Waals surface area contributed by atoms with Crippen LogP contribution in [0, 0.1) is 5.92 Å². The van der Waals surface area contributed by atoms with Crippen LogP contribution in [0.2, 0.25) is 0 Å². The van der Waals surface area contributed by atoms with Crippen molar-refractivity contribution < 1.29 is 9.90 Å². The van der Waals surface area contributed by atoms with Gasteiger partial charge in [0.1, 0.15) is 0 Å². The quantitative estimate of drug-likeness (QED) is 0.596. The number of aliphatic hydroxyl groups is 1. The molecule has 4 nitrogen and oxygen atoms in total. The molecule has 17 heavy (non-hydrogen) atoms. The van der Waals surface area contributed by atoms with Gasteiger partial charge < -0.3 is 15.7 Å². The molecule has 0 heterocycles. The van der Waals surface area contributed by atoms with E-state index >= 15 is 0 Å². The molecule has 100 valence electrons. The van der Waals surface area contributed by atoms with Crippen molar-refractivity contribution in [2.75, 3.05) is 6.54 Å². The van der Waals surface area contributed by atoms with Gasteiger partial charge in [-0.05, 0) is 39.0 Å². The van der Waals surface area contributed by atoms with Gasteiger partial charge >= 0.3 is 0 Å². The average molecular weight is 242 g/mol. The monoisotopic (exact) mass is 242 g/mol. The van der Waals surface area contributed by atoms with Crippen LogP contribution in [0.25, 0.3) is 0 Å². The lowest BCUT2D eigenvalue weighted by atomic mass is 10.1. The molecule has 4 heteroatoms. The van der Waals surface area contributed by atoms with Crippen molar-refractivity contribution in [2.45, 2.75) is 64.6 Å². The molecule has 1 aliphatic carbocycles. The van der Waals surface area contributed by atoms with Gasteiger partial charge in [0.2, 0.25) is 5.91 Å². The maximum atomic E-state index is 11.8. The molecule has 0 aromatic heterocycles. The summed E-state index contributed by atoms with van der Waals surface area (Å²) >= 11 is 0. The Morgan fingerprint density at radius 3 is 2.59 bits per heavy atom. The number of hydrogen-bond donors (Lipinski definition) is 3. The first-order chi connectivity index (χ1) is 8.04. The van der Waals surface area contributed by atoms with Crippen LogP contribution in [0.15, 0.2) is 0 Å². The van der Waals surface area contributed by atoms with E-state index in [0.29, 0.717) is 12.5 Å². The van der Waals surface area contributed by atoms with E-state index in [1.807, 2.05) is 13.8 Å². The number of rotatable bonds is 8. The zero-order chi connectivity index (χ0) is 12.8. The second-order valence-electron chi connectivity index (χ2n) is 5.23. The van der Waals surface area contributed by atoms with E-state index in [9.17, 15) is 9.90 Å². The van der Waals surface area contributed by atoms with Crippen LogP contribution in [0.4, 0.5) is 0 Å². The van der Waals surface area contributed by atoms with Crippen molar-refractivity contribution in [2.24, 2.45) is 5.92 Å². The molecule has 0 bridgehead atoms. The molecule has 0 aromatic rings. The van der Waals surface area contributed by atoms with Crippen LogP contribution in [-0.4, -0.2) is 35.7 Å². The molecule has 0 saturated heterocycles. The molecule has 1 aliphatic rings. The molecule has 3 unspecified atom stereocenters. The summed E-state index contributed by atoms with van der Waals surface area (Å²) in [6.45, 7) is 6.48. The van der Waals surface area contributed by atoms with E-state index in [4.69, 9.17) is 0 Å². The van der Waals surface area contributed by atoms with Gasteiger partial charge in [0.25, 0.3) is 0 Å². The van der Waals surface area contributed by atoms with Crippen molar-refractivity contribution in [1.29, 1.82) is 0 Å². The maximum Gasteiger partial charge on any atom is 0.237 e. The second kappa shape index (κ2) is 6.97. The molecule has 3 atom stereocenters. The van der Waals surface area contributed by atoms with Crippen LogP contribution in [0.5, 0.6) is 0 Å². The van der Waals surface area contributed by atoms with E-state index in [2.05, 4.69) is 17.6 Å². The minimum atomic E-state index is -0.293. The molecule has 1 rings (SSSR count). The van der Waals surface area contributed by atoms with Gasteiger partial charge in [0.05, 0.1) is 12.1 Å². The first kappa shape index (κ1) is 14.5. The predicted molar refractivity (Wildman–Crippen MR) is 68.7 cm³/mol. The SMILES string of the molecule is CCCC(C)NC(=O)C(C)NCC(O)C1CC1. The fraction of sp³-hybridized carbons (Fsp3) is 0.923. The standard InChI is InChI=1S/C13H26N2O2/c1-4-5-9(2)15-13(17)10(3)14-8-12(16)11-6-7-11/h9-12,14,16H,4-8H2,1-3H3,(H,15,17). The number of carbonyl (C=O) groups excluding carboxylic acids is 1. The lowest BCUT2D eigenvalue weighted by Gasteiger charge is -2.19. The lowest BCUT2D eigenvalue weighted by molar-refractivity contribution is -0.123. The first-order valence-corrected chi connectivity index (χ1v) is 6.76. The summed E-state index contributed by atoms with van der Waals surface area (Å²) in [6, 6.07) is -0.00666. The molecule has 0 aliphatic heterocycles. The molecule has 1 saturated carbocycles. The molecule has 0 aromatic carbocycles. The molecule has 3 N–H and O–H groups in total. The summed E-state index contributed by atoms with van der Waals surface area (Å²) in [4.78, 5) is 11.8. The van der Waals surface area contributed by atoms with Gasteiger partial charge in [-0.1, -0.05) is 13.3 Å². The Labute approximate surface area is 104 Å². The Kier molecular flexibility index (Phi) is 5.92. The smallest absolute Gasteiger partial charge is 0.237 e. The highest BCUT2D eigenvalue weighted by Gasteiger charge is 2.29. The summed E-state index contributed by atoms with van der Waals surface area (Å²) in [5.74, 6) is 0.478. The summed E-state index contributed by atoms with van der Waals surface area (Å²) in [5, 5.41) is 15.7. The van der Waals surface area contributed by atoms with E-state index in [0.717, 1.165) is 25.7 Å². The minimum absolute atomic E-state index is 0.0222. The average Bonchev–Trinajstić information content (AvgIpc) is 3.09. The van der Waals surface area contributed by atoms with Crippen LogP contribution < -0.4 is 10.6 Å². The summed E-state index contributed by atoms with van der Waals surface area (Å²) in [6.07, 6.45) is 4.03. The fourth-order valence-corrected chi connectivity index (χ4v) is 1.91. The van der Waals surface area contributed by atoms with E-state index < -0.39 is 0 Å². The number of carbonyl (C=O) groups is 1. The fourth-order valence-electron chi connectivity index (χ4n) is 1.91. The number of amides is 1. The molecule has 1 fully saturated rings. The molecular weight excluding hydrogens is 216 g/mol. The van der Waals surface area contributed by atoms with Crippen LogP contribution in [0.1, 0.15) is 46.5 Å². The zero-order valence-electron chi connectivity index (χ0n) is 11.2. The Morgan fingerprint density at radius 1 is 1.41 bits per heavy atom. The molecular formula is C13H26N2O2. The van der Waals surface area contributed by atoms with Crippen LogP contribution in [0.3, 0.4) is 0 Å². The van der Waals surface area contributed by atoms with Gasteiger partial charge in [-0.25, -0.2) is 0 Å². The van der Waals surface area contributed by atoms with Gasteiger partial charge in [-0.15, -0.1) is 0 Å². The Hall–Kier alpha value is -0.610. The van der Waals surface area contributed by atoms with Gasteiger partial charge in [-0.2, -0.15) is 0 Å². The Balaban J connectivity index is 2.16. The third-order valence-corrected chi connectivity index (χ3v) is 3.30. The summed E-state index contributed by atoms with van der Waals surface area (Å²) in [5.41, 5.74) is 0. The Morgan fingerprint density at radius 2 is 2.06 bits per heavy atom. The highest BCUT2D eigenvalue weighted by Crippen LogP contribution is 2.32. The van der Waals surface area contributed by atoms with Crippen molar-refractivity contribution in [3.05, 3.63) is 0 Å². The topological polar surface area (TPSA) is 61.4 Å². The van der Waals surface area contributed by atoms with Crippen LogP contribution >= 0.6 is 0 Å². The highest BCUT2D eigenvalue weighted by molar-refractivity contribution is 5.81. The van der Waals surface area contributed by atoms with Crippen molar-refractivity contribution >= 4 is 5.91 Å². The van der Waals surface area contributed by atoms with Gasteiger partial charge in [0, 0.05) is 12.6 Å². The van der Waals surface area contributed by atoms with Crippen molar-refractivity contribution in [1.82, 2.24) is 10.6 Å². The third-order valence-electron chi connectivity index (χ3n) is 3.30. The lowest BCUT2D eigenvalue weighted by Crippen LogP contribution is -2.47. The number of aliphatic hydroxyl groups excluding tert-OH is 1. The Bertz CT molecular complexity index is 242. The second-order valence-corrected chi connectivity index (χ2v) is 5.23. The number of hydrogen-bond acceptors (Lipinski definition) is 3. The first-order valence-electron chi connectivity index (χ1n) is 6.76. The number of nitrogens with one attached hydrogen (secondary N) is 2. The largest absolute Gasteiger partial charge is 0.392 e. The van der Waals surface area contributed by atoms with E-state index in [1.165, 1.54) is 0 Å². The van der Waals surface area contributed by atoms with Crippen molar-refractivity contribution in [3.63, 3.8) is 0 Å². The molecule has 0 spiro atoms. The minimum Gasteiger partial charge on any atom is -0.392 e. The summed E-state index contributed by atoms with van der Waals surface area (Å²) in [7, 11) is 0. The van der Waals surface area contributed by atoms with Gasteiger partial charge in [-0.3, -0.25) is 4.79 Å². The van der Waals surface area contributed by atoms with Crippen molar-refractivity contribution in [3.8, 4) is 0 Å². The summed E-state index contributed by atoms with van der Waals surface area (Å²) < 4.78 is 0. The van der Waals surface area contributed by atoms with Gasteiger partial charge in [0.15, 0.2) is 0 Å². The zero-order valence-corrected chi connectivity index (χ0v) is 11.2. The van der Waals surface area contributed by atoms with Crippen LogP contribution in [-0.2, 0) is 4.79 Å². The molecule has 1 amide bonds. The molecule has 0 radical (unpaired) electrons. The third kappa shape index (κ3) is 5.50.